The summed E-state index contributed by atoms with van der Waals surface area (Å²) in [4.78, 5) is 0. The monoisotopic (exact) mass is 212 g/mol. The molecule has 2 rings (SSSR count). The average molecular weight is 212 g/mol. The maximum absolute atomic E-state index is 10.3. The zero-order valence-corrected chi connectivity index (χ0v) is 9.78. The molecule has 1 heterocycles. The molecule has 0 aromatic carbocycles. The fraction of sp³-hybridized carbons (Fsp3) is 0.833. The maximum atomic E-state index is 10.3. The van der Waals surface area contributed by atoms with Crippen molar-refractivity contribution in [1.82, 2.24) is 0 Å². The third kappa shape index (κ3) is 2.01. The highest BCUT2D eigenvalue weighted by Gasteiger charge is 2.38. The molecule has 1 fully saturated rings. The van der Waals surface area contributed by atoms with E-state index in [4.69, 9.17) is 0 Å². The number of hydrogen-bond donors (Lipinski definition) is 1. The molecule has 1 saturated heterocycles. The van der Waals surface area contributed by atoms with E-state index in [0.29, 0.717) is 0 Å². The van der Waals surface area contributed by atoms with E-state index in [2.05, 4.69) is 13.0 Å². The van der Waals surface area contributed by atoms with E-state index >= 15 is 0 Å². The molecule has 1 aliphatic carbocycles. The molecule has 0 radical (unpaired) electrons. The van der Waals surface area contributed by atoms with Crippen LogP contribution in [-0.4, -0.2) is 21.7 Å². The van der Waals surface area contributed by atoms with Crippen molar-refractivity contribution in [2.24, 2.45) is 0 Å². The van der Waals surface area contributed by atoms with Gasteiger partial charge >= 0.3 is 0 Å². The summed E-state index contributed by atoms with van der Waals surface area (Å²) in [6.45, 7) is 2.23. The van der Waals surface area contributed by atoms with E-state index in [1.807, 2.05) is 11.8 Å². The number of hydrogen-bond acceptors (Lipinski definition) is 2. The lowest BCUT2D eigenvalue weighted by atomic mass is 9.87. The maximum Gasteiger partial charge on any atom is 0.0894 e. The molecule has 1 aliphatic heterocycles. The number of aliphatic hydroxyl groups excluding tert-OH is 1. The largest absolute Gasteiger partial charge is 0.387 e. The SMILES string of the molecule is CC1(C(O)C2=CCCCC2)CCCS1. The lowest BCUT2D eigenvalue weighted by Crippen LogP contribution is -2.35. The smallest absolute Gasteiger partial charge is 0.0894 e. The Balaban J connectivity index is 2.05. The molecular weight excluding hydrogens is 192 g/mol. The molecule has 0 aromatic heterocycles. The molecule has 1 N–H and O–H groups in total. The van der Waals surface area contributed by atoms with E-state index in [1.165, 1.54) is 43.4 Å². The molecule has 2 heteroatoms. The fourth-order valence-electron chi connectivity index (χ4n) is 2.52. The minimum atomic E-state index is -0.185. The van der Waals surface area contributed by atoms with Gasteiger partial charge in [-0.3, -0.25) is 0 Å². The Morgan fingerprint density at radius 3 is 2.86 bits per heavy atom. The van der Waals surface area contributed by atoms with E-state index in [9.17, 15) is 5.11 Å². The first kappa shape index (κ1) is 10.6. The summed E-state index contributed by atoms with van der Waals surface area (Å²) in [7, 11) is 0. The number of aliphatic hydroxyl groups is 1. The Morgan fingerprint density at radius 2 is 2.29 bits per heavy atom. The second-order valence-corrected chi connectivity index (χ2v) is 6.32. The third-order valence-electron chi connectivity index (χ3n) is 3.51. The van der Waals surface area contributed by atoms with Crippen LogP contribution in [0.1, 0.15) is 45.4 Å². The Morgan fingerprint density at radius 1 is 1.43 bits per heavy atom. The highest BCUT2D eigenvalue weighted by atomic mass is 32.2. The van der Waals surface area contributed by atoms with E-state index in [-0.39, 0.29) is 10.9 Å². The third-order valence-corrected chi connectivity index (χ3v) is 5.08. The molecule has 0 bridgehead atoms. The van der Waals surface area contributed by atoms with Gasteiger partial charge in [0.25, 0.3) is 0 Å². The predicted molar refractivity (Wildman–Crippen MR) is 62.7 cm³/mol. The molecule has 0 aromatic rings. The van der Waals surface area contributed by atoms with Crippen LogP contribution >= 0.6 is 11.8 Å². The summed E-state index contributed by atoms with van der Waals surface area (Å²) < 4.78 is 0.114. The van der Waals surface area contributed by atoms with Crippen LogP contribution < -0.4 is 0 Å². The van der Waals surface area contributed by atoms with Crippen molar-refractivity contribution in [3.05, 3.63) is 11.6 Å². The van der Waals surface area contributed by atoms with Gasteiger partial charge in [-0.25, -0.2) is 0 Å². The lowest BCUT2D eigenvalue weighted by molar-refractivity contribution is 0.161. The van der Waals surface area contributed by atoms with Gasteiger partial charge in [-0.15, -0.1) is 0 Å². The summed E-state index contributed by atoms with van der Waals surface area (Å²) in [5.74, 6) is 1.22. The number of thioether (sulfide) groups is 1. The van der Waals surface area contributed by atoms with Crippen molar-refractivity contribution in [3.63, 3.8) is 0 Å². The van der Waals surface area contributed by atoms with Crippen molar-refractivity contribution in [2.45, 2.75) is 56.3 Å². The van der Waals surface area contributed by atoms with Gasteiger partial charge in [0.2, 0.25) is 0 Å². The highest BCUT2D eigenvalue weighted by Crippen LogP contribution is 2.43. The molecule has 14 heavy (non-hydrogen) atoms. The Labute approximate surface area is 91.0 Å². The van der Waals surface area contributed by atoms with Crippen LogP contribution in [-0.2, 0) is 0 Å². The number of allylic oxidation sites excluding steroid dienone is 1. The average Bonchev–Trinajstić information content (AvgIpc) is 2.67. The van der Waals surface area contributed by atoms with Gasteiger partial charge in [0.15, 0.2) is 0 Å². The van der Waals surface area contributed by atoms with E-state index < -0.39 is 0 Å². The molecular formula is C12H20OS. The van der Waals surface area contributed by atoms with Gasteiger partial charge < -0.3 is 5.11 Å². The standard InChI is InChI=1S/C12H20OS/c1-12(8-5-9-14-12)11(13)10-6-3-2-4-7-10/h6,11,13H,2-5,7-9H2,1H3. The van der Waals surface area contributed by atoms with Gasteiger partial charge in [0.1, 0.15) is 0 Å². The summed E-state index contributed by atoms with van der Waals surface area (Å²) >= 11 is 1.96. The summed E-state index contributed by atoms with van der Waals surface area (Å²) in [6, 6.07) is 0. The molecule has 2 unspecified atom stereocenters. The molecule has 2 aliphatic rings. The van der Waals surface area contributed by atoms with Crippen LogP contribution in [0.25, 0.3) is 0 Å². The Hall–Kier alpha value is 0.0500. The summed E-state index contributed by atoms with van der Waals surface area (Å²) in [6.07, 6.45) is 9.41. The van der Waals surface area contributed by atoms with Crippen LogP contribution in [0.5, 0.6) is 0 Å². The molecule has 1 nitrogen and oxygen atoms in total. The van der Waals surface area contributed by atoms with E-state index in [1.54, 1.807) is 0 Å². The van der Waals surface area contributed by atoms with Crippen LogP contribution in [0, 0.1) is 0 Å². The first-order valence-electron chi connectivity index (χ1n) is 5.73. The Bertz CT molecular complexity index is 228. The Kier molecular flexibility index (Phi) is 3.23. The highest BCUT2D eigenvalue weighted by molar-refractivity contribution is 8.00. The van der Waals surface area contributed by atoms with Crippen molar-refractivity contribution in [3.8, 4) is 0 Å². The number of rotatable bonds is 2. The van der Waals surface area contributed by atoms with Crippen molar-refractivity contribution in [2.75, 3.05) is 5.75 Å². The van der Waals surface area contributed by atoms with Crippen molar-refractivity contribution < 1.29 is 5.11 Å². The fourth-order valence-corrected chi connectivity index (χ4v) is 3.87. The summed E-state index contributed by atoms with van der Waals surface area (Å²) in [5.41, 5.74) is 1.31. The summed E-state index contributed by atoms with van der Waals surface area (Å²) in [5, 5.41) is 10.3. The molecule has 0 spiro atoms. The van der Waals surface area contributed by atoms with Gasteiger partial charge in [-0.05, 0) is 56.8 Å². The van der Waals surface area contributed by atoms with Gasteiger partial charge in [0.05, 0.1) is 6.10 Å². The molecule has 80 valence electrons. The van der Waals surface area contributed by atoms with Crippen LogP contribution in [0.2, 0.25) is 0 Å². The van der Waals surface area contributed by atoms with Crippen molar-refractivity contribution >= 4 is 11.8 Å². The van der Waals surface area contributed by atoms with Crippen LogP contribution in [0.3, 0.4) is 0 Å². The topological polar surface area (TPSA) is 20.2 Å². The van der Waals surface area contributed by atoms with Crippen LogP contribution in [0.4, 0.5) is 0 Å². The first-order valence-corrected chi connectivity index (χ1v) is 6.72. The molecule has 0 saturated carbocycles. The predicted octanol–water partition coefficient (Wildman–Crippen LogP) is 3.13. The zero-order valence-electron chi connectivity index (χ0n) is 8.96. The van der Waals surface area contributed by atoms with Gasteiger partial charge in [-0.2, -0.15) is 11.8 Å². The first-order chi connectivity index (χ1) is 6.72. The van der Waals surface area contributed by atoms with Gasteiger partial charge in [-0.1, -0.05) is 6.08 Å². The molecule has 2 atom stereocenters. The van der Waals surface area contributed by atoms with Crippen molar-refractivity contribution in [1.29, 1.82) is 0 Å². The minimum absolute atomic E-state index is 0.114. The zero-order chi connectivity index (χ0) is 10.0. The molecule has 0 amide bonds. The van der Waals surface area contributed by atoms with Gasteiger partial charge in [0, 0.05) is 4.75 Å². The second kappa shape index (κ2) is 4.28. The lowest BCUT2D eigenvalue weighted by Gasteiger charge is -2.32. The van der Waals surface area contributed by atoms with E-state index in [0.717, 1.165) is 6.42 Å². The normalized spacial score (nSPS) is 35.4. The second-order valence-electron chi connectivity index (χ2n) is 4.69. The quantitative estimate of drug-likeness (QED) is 0.710. The van der Waals surface area contributed by atoms with Crippen LogP contribution in [0.15, 0.2) is 11.6 Å². The minimum Gasteiger partial charge on any atom is -0.387 e.